The third-order valence-electron chi connectivity index (χ3n) is 3.24. The Morgan fingerprint density at radius 2 is 2.13 bits per heavy atom. The third kappa shape index (κ3) is 3.34. The summed E-state index contributed by atoms with van der Waals surface area (Å²) in [5, 5.41) is 12.3. The van der Waals surface area contributed by atoms with Crippen LogP contribution in [0.4, 0.5) is 0 Å². The summed E-state index contributed by atoms with van der Waals surface area (Å²) < 4.78 is 0. The van der Waals surface area contributed by atoms with Crippen LogP contribution in [0, 0.1) is 5.92 Å². The Hall–Kier alpha value is -0.830. The van der Waals surface area contributed by atoms with Gasteiger partial charge in [-0.1, -0.05) is 13.0 Å². The zero-order chi connectivity index (χ0) is 11.3. The summed E-state index contributed by atoms with van der Waals surface area (Å²) in [5.74, 6) is 0.615. The summed E-state index contributed by atoms with van der Waals surface area (Å²) in [4.78, 5) is 11.4. The zero-order valence-corrected chi connectivity index (χ0v) is 9.62. The average molecular weight is 211 g/mol. The van der Waals surface area contributed by atoms with Crippen molar-refractivity contribution in [2.24, 2.45) is 5.92 Å². The number of allylic oxidation sites excluding steroid dienone is 1. The Balaban J connectivity index is 2.57. The first-order valence-corrected chi connectivity index (χ1v) is 5.67. The Bertz CT molecular complexity index is 240. The molecular formula is C12H21NO2. The van der Waals surface area contributed by atoms with Gasteiger partial charge in [-0.2, -0.15) is 0 Å². The maximum atomic E-state index is 11.4. The van der Waals surface area contributed by atoms with E-state index in [-0.39, 0.29) is 18.1 Å². The topological polar surface area (TPSA) is 49.3 Å². The first-order valence-electron chi connectivity index (χ1n) is 5.67. The van der Waals surface area contributed by atoms with Crippen LogP contribution in [0.5, 0.6) is 0 Å². The predicted octanol–water partition coefficient (Wildman–Crippen LogP) is 1.62. The van der Waals surface area contributed by atoms with Crippen LogP contribution >= 0.6 is 0 Å². The number of aliphatic hydroxyl groups is 1. The number of hydrogen-bond donors (Lipinski definition) is 2. The van der Waals surface area contributed by atoms with E-state index in [0.717, 1.165) is 25.7 Å². The van der Waals surface area contributed by atoms with Crippen LogP contribution in [0.1, 0.15) is 39.5 Å². The molecule has 0 aliphatic heterocycles. The first kappa shape index (κ1) is 12.2. The molecule has 0 aromatic carbocycles. The van der Waals surface area contributed by atoms with E-state index in [4.69, 9.17) is 0 Å². The van der Waals surface area contributed by atoms with Crippen LogP contribution in [0.3, 0.4) is 0 Å². The fraction of sp³-hybridized carbons (Fsp3) is 0.750. The van der Waals surface area contributed by atoms with Crippen molar-refractivity contribution in [1.82, 2.24) is 5.32 Å². The van der Waals surface area contributed by atoms with Crippen molar-refractivity contribution in [3.05, 3.63) is 12.2 Å². The molecule has 0 unspecified atom stereocenters. The second-order valence-electron chi connectivity index (χ2n) is 4.61. The molecule has 0 aromatic rings. The van der Waals surface area contributed by atoms with E-state index in [0.29, 0.717) is 5.92 Å². The minimum Gasteiger partial charge on any atom is -0.394 e. The molecule has 15 heavy (non-hydrogen) atoms. The number of carbonyl (C=O) groups excluding carboxylic acids is 1. The van der Waals surface area contributed by atoms with Crippen molar-refractivity contribution >= 4 is 5.91 Å². The van der Waals surface area contributed by atoms with Crippen LogP contribution in [0.15, 0.2) is 12.2 Å². The van der Waals surface area contributed by atoms with Crippen LogP contribution in [-0.2, 0) is 4.79 Å². The molecule has 0 heterocycles. The zero-order valence-electron chi connectivity index (χ0n) is 9.62. The van der Waals surface area contributed by atoms with Crippen LogP contribution in [0.2, 0.25) is 0 Å². The van der Waals surface area contributed by atoms with Gasteiger partial charge in [-0.25, -0.2) is 0 Å². The third-order valence-corrected chi connectivity index (χ3v) is 3.24. The Morgan fingerprint density at radius 1 is 1.53 bits per heavy atom. The van der Waals surface area contributed by atoms with E-state index in [2.05, 4.69) is 12.2 Å². The highest BCUT2D eigenvalue weighted by molar-refractivity contribution is 5.88. The maximum Gasteiger partial charge on any atom is 0.244 e. The van der Waals surface area contributed by atoms with Gasteiger partial charge in [-0.15, -0.1) is 0 Å². The van der Waals surface area contributed by atoms with Crippen LogP contribution < -0.4 is 5.32 Å². The normalized spacial score (nSPS) is 31.8. The molecule has 3 nitrogen and oxygen atoms in total. The molecule has 1 fully saturated rings. The van der Waals surface area contributed by atoms with E-state index in [9.17, 15) is 9.90 Å². The predicted molar refractivity (Wildman–Crippen MR) is 60.4 cm³/mol. The van der Waals surface area contributed by atoms with Crippen molar-refractivity contribution in [3.63, 3.8) is 0 Å². The fourth-order valence-corrected chi connectivity index (χ4v) is 2.09. The van der Waals surface area contributed by atoms with Crippen molar-refractivity contribution in [3.8, 4) is 0 Å². The summed E-state index contributed by atoms with van der Waals surface area (Å²) in [6.07, 6.45) is 7.15. The van der Waals surface area contributed by atoms with Crippen LogP contribution in [0.25, 0.3) is 0 Å². The van der Waals surface area contributed by atoms with Gasteiger partial charge in [0.25, 0.3) is 0 Å². The highest BCUT2D eigenvalue weighted by atomic mass is 16.3. The SMILES string of the molecule is CC=CC(=O)NC1(CO)CCC(C)CC1. The molecule has 1 rings (SSSR count). The van der Waals surface area contributed by atoms with Crippen molar-refractivity contribution in [2.45, 2.75) is 45.1 Å². The Kier molecular flexibility index (Phi) is 4.33. The maximum absolute atomic E-state index is 11.4. The summed E-state index contributed by atoms with van der Waals surface area (Å²) in [7, 11) is 0. The molecule has 1 saturated carbocycles. The fourth-order valence-electron chi connectivity index (χ4n) is 2.09. The van der Waals surface area contributed by atoms with Gasteiger partial charge in [0.1, 0.15) is 0 Å². The van der Waals surface area contributed by atoms with Crippen molar-refractivity contribution in [1.29, 1.82) is 0 Å². The number of nitrogens with one attached hydrogen (secondary N) is 1. The van der Waals surface area contributed by atoms with Gasteiger partial charge in [-0.05, 0) is 44.6 Å². The summed E-state index contributed by atoms with van der Waals surface area (Å²) >= 11 is 0. The van der Waals surface area contributed by atoms with E-state index in [1.165, 1.54) is 6.08 Å². The smallest absolute Gasteiger partial charge is 0.244 e. The molecule has 86 valence electrons. The lowest BCUT2D eigenvalue weighted by Crippen LogP contribution is -2.52. The standard InChI is InChI=1S/C12H21NO2/c1-3-4-11(15)13-12(9-14)7-5-10(2)6-8-12/h3-4,10,14H,5-9H2,1-2H3,(H,13,15). The van der Waals surface area contributed by atoms with Gasteiger partial charge in [0.05, 0.1) is 12.1 Å². The molecule has 3 heteroatoms. The molecule has 1 aliphatic rings. The number of rotatable bonds is 3. The second kappa shape index (κ2) is 5.31. The number of amides is 1. The Labute approximate surface area is 91.6 Å². The van der Waals surface area contributed by atoms with Gasteiger partial charge < -0.3 is 10.4 Å². The largest absolute Gasteiger partial charge is 0.394 e. The molecule has 0 saturated heterocycles. The molecular weight excluding hydrogens is 190 g/mol. The summed E-state index contributed by atoms with van der Waals surface area (Å²) in [6, 6.07) is 0. The quantitative estimate of drug-likeness (QED) is 0.697. The molecule has 2 N–H and O–H groups in total. The summed E-state index contributed by atoms with van der Waals surface area (Å²) in [6.45, 7) is 4.08. The van der Waals surface area contributed by atoms with Gasteiger partial charge in [0, 0.05) is 0 Å². The molecule has 0 radical (unpaired) electrons. The van der Waals surface area contributed by atoms with E-state index in [1.807, 2.05) is 6.92 Å². The van der Waals surface area contributed by atoms with E-state index in [1.54, 1.807) is 6.08 Å². The van der Waals surface area contributed by atoms with Gasteiger partial charge >= 0.3 is 0 Å². The number of aliphatic hydroxyl groups excluding tert-OH is 1. The lowest BCUT2D eigenvalue weighted by Gasteiger charge is -2.38. The van der Waals surface area contributed by atoms with Gasteiger partial charge in [0.2, 0.25) is 5.91 Å². The molecule has 0 atom stereocenters. The van der Waals surface area contributed by atoms with Gasteiger partial charge in [0.15, 0.2) is 0 Å². The molecule has 1 aliphatic carbocycles. The van der Waals surface area contributed by atoms with Crippen molar-refractivity contribution < 1.29 is 9.90 Å². The van der Waals surface area contributed by atoms with E-state index >= 15 is 0 Å². The number of hydrogen-bond acceptors (Lipinski definition) is 2. The highest BCUT2D eigenvalue weighted by Gasteiger charge is 2.34. The summed E-state index contributed by atoms with van der Waals surface area (Å²) in [5.41, 5.74) is -0.372. The minimum atomic E-state index is -0.372. The lowest BCUT2D eigenvalue weighted by atomic mass is 9.77. The second-order valence-corrected chi connectivity index (χ2v) is 4.61. The highest BCUT2D eigenvalue weighted by Crippen LogP contribution is 2.31. The number of carbonyl (C=O) groups is 1. The molecule has 0 bridgehead atoms. The monoisotopic (exact) mass is 211 g/mol. The lowest BCUT2D eigenvalue weighted by molar-refractivity contribution is -0.119. The first-order chi connectivity index (χ1) is 7.12. The van der Waals surface area contributed by atoms with E-state index < -0.39 is 0 Å². The van der Waals surface area contributed by atoms with Crippen LogP contribution in [-0.4, -0.2) is 23.2 Å². The molecule has 0 spiro atoms. The Morgan fingerprint density at radius 3 is 2.60 bits per heavy atom. The molecule has 0 aromatic heterocycles. The minimum absolute atomic E-state index is 0.0447. The van der Waals surface area contributed by atoms with Crippen molar-refractivity contribution in [2.75, 3.05) is 6.61 Å². The average Bonchev–Trinajstić information content (AvgIpc) is 2.22. The van der Waals surface area contributed by atoms with Gasteiger partial charge in [-0.3, -0.25) is 4.79 Å². The molecule has 1 amide bonds.